The maximum absolute atomic E-state index is 11.2. The molecule has 3 nitrogen and oxygen atoms in total. The Kier molecular flexibility index (Phi) is 2.89. The lowest BCUT2D eigenvalue weighted by molar-refractivity contribution is -0.129. The topological polar surface area (TPSA) is 32.3 Å². The number of rotatable bonds is 4. The summed E-state index contributed by atoms with van der Waals surface area (Å²) in [6, 6.07) is 0.654. The van der Waals surface area contributed by atoms with E-state index in [4.69, 9.17) is 0 Å². The molecule has 1 aliphatic heterocycles. The summed E-state index contributed by atoms with van der Waals surface area (Å²) in [6.07, 6.45) is 8.14. The first-order valence-corrected chi connectivity index (χ1v) is 7.18. The largest absolute Gasteiger partial charge is 0.343 e. The van der Waals surface area contributed by atoms with Gasteiger partial charge in [0, 0.05) is 32.6 Å². The van der Waals surface area contributed by atoms with Gasteiger partial charge in [-0.15, -0.1) is 0 Å². The van der Waals surface area contributed by atoms with Crippen LogP contribution in [0, 0.1) is 11.3 Å². The number of amides is 1. The van der Waals surface area contributed by atoms with Crippen LogP contribution in [0.25, 0.3) is 0 Å². The van der Waals surface area contributed by atoms with Gasteiger partial charge in [-0.05, 0) is 49.9 Å². The molecule has 1 amide bonds. The van der Waals surface area contributed by atoms with Crippen molar-refractivity contribution in [2.45, 2.75) is 51.5 Å². The molecule has 0 aromatic heterocycles. The van der Waals surface area contributed by atoms with Gasteiger partial charge in [0.1, 0.15) is 0 Å². The molecular formula is C14H24N2O. The fourth-order valence-corrected chi connectivity index (χ4v) is 3.33. The van der Waals surface area contributed by atoms with Gasteiger partial charge < -0.3 is 10.2 Å². The van der Waals surface area contributed by atoms with Crippen LogP contribution in [0.2, 0.25) is 0 Å². The Balaban J connectivity index is 1.40. The van der Waals surface area contributed by atoms with Crippen molar-refractivity contribution in [1.29, 1.82) is 0 Å². The summed E-state index contributed by atoms with van der Waals surface area (Å²) in [5.74, 6) is 1.28. The number of likely N-dealkylation sites (tertiary alicyclic amines) is 1. The minimum absolute atomic E-state index is 0.236. The molecule has 1 heterocycles. The Morgan fingerprint density at radius 3 is 2.35 bits per heavy atom. The van der Waals surface area contributed by atoms with Crippen LogP contribution in [0.5, 0.6) is 0 Å². The van der Waals surface area contributed by atoms with Crippen molar-refractivity contribution < 1.29 is 4.79 Å². The van der Waals surface area contributed by atoms with E-state index in [9.17, 15) is 4.79 Å². The van der Waals surface area contributed by atoms with Crippen molar-refractivity contribution in [3.63, 3.8) is 0 Å². The summed E-state index contributed by atoms with van der Waals surface area (Å²) < 4.78 is 0. The number of hydrogen-bond donors (Lipinski definition) is 1. The molecule has 0 radical (unpaired) electrons. The quantitative estimate of drug-likeness (QED) is 0.807. The van der Waals surface area contributed by atoms with E-state index in [1.807, 2.05) is 4.90 Å². The first-order chi connectivity index (χ1) is 8.20. The van der Waals surface area contributed by atoms with Gasteiger partial charge in [-0.3, -0.25) is 4.79 Å². The summed E-state index contributed by atoms with van der Waals surface area (Å²) in [7, 11) is 0. The lowest BCUT2D eigenvalue weighted by Gasteiger charge is -2.32. The maximum Gasteiger partial charge on any atom is 0.219 e. The summed E-state index contributed by atoms with van der Waals surface area (Å²) in [5.41, 5.74) is 0.706. The van der Waals surface area contributed by atoms with Crippen molar-refractivity contribution in [3.05, 3.63) is 0 Å². The van der Waals surface area contributed by atoms with E-state index >= 15 is 0 Å². The van der Waals surface area contributed by atoms with Gasteiger partial charge in [-0.25, -0.2) is 0 Å². The predicted octanol–water partition coefficient (Wildman–Crippen LogP) is 1.78. The third-order valence-corrected chi connectivity index (χ3v) is 5.02. The molecule has 0 aromatic rings. The molecule has 2 saturated carbocycles. The molecule has 2 aliphatic carbocycles. The molecule has 17 heavy (non-hydrogen) atoms. The van der Waals surface area contributed by atoms with Crippen molar-refractivity contribution in [3.8, 4) is 0 Å². The molecule has 3 heteroatoms. The summed E-state index contributed by atoms with van der Waals surface area (Å²) in [4.78, 5) is 13.2. The SMILES string of the molecule is CC(=O)N1CCC(NCC2(C3CC3)CC2)CC1. The van der Waals surface area contributed by atoms with Crippen LogP contribution in [0.4, 0.5) is 0 Å². The van der Waals surface area contributed by atoms with Gasteiger partial charge in [-0.2, -0.15) is 0 Å². The van der Waals surface area contributed by atoms with E-state index in [0.717, 1.165) is 31.8 Å². The lowest BCUT2D eigenvalue weighted by atomic mass is 9.98. The van der Waals surface area contributed by atoms with Crippen molar-refractivity contribution in [1.82, 2.24) is 10.2 Å². The van der Waals surface area contributed by atoms with E-state index in [2.05, 4.69) is 5.32 Å². The molecular weight excluding hydrogens is 212 g/mol. The monoisotopic (exact) mass is 236 g/mol. The zero-order chi connectivity index (χ0) is 11.9. The van der Waals surface area contributed by atoms with Crippen LogP contribution >= 0.6 is 0 Å². The average molecular weight is 236 g/mol. The maximum atomic E-state index is 11.2. The zero-order valence-electron chi connectivity index (χ0n) is 10.9. The molecule has 0 aromatic carbocycles. The van der Waals surface area contributed by atoms with E-state index in [1.165, 1.54) is 32.2 Å². The zero-order valence-corrected chi connectivity index (χ0v) is 10.9. The highest BCUT2D eigenvalue weighted by Gasteiger charge is 2.53. The van der Waals surface area contributed by atoms with Crippen LogP contribution in [-0.4, -0.2) is 36.5 Å². The van der Waals surface area contributed by atoms with Gasteiger partial charge in [-0.1, -0.05) is 0 Å². The molecule has 96 valence electrons. The van der Waals surface area contributed by atoms with Crippen molar-refractivity contribution >= 4 is 5.91 Å². The number of hydrogen-bond acceptors (Lipinski definition) is 2. The fraction of sp³-hybridized carbons (Fsp3) is 0.929. The molecule has 0 unspecified atom stereocenters. The fourth-order valence-electron chi connectivity index (χ4n) is 3.33. The Labute approximate surface area is 104 Å². The van der Waals surface area contributed by atoms with Gasteiger partial charge in [0.25, 0.3) is 0 Å². The predicted molar refractivity (Wildman–Crippen MR) is 67.7 cm³/mol. The average Bonchev–Trinajstić information content (AvgIpc) is 3.17. The standard InChI is InChI=1S/C14H24N2O/c1-11(17)16-8-4-13(5-9-16)15-10-14(6-7-14)12-2-3-12/h12-13,15H,2-10H2,1H3. The summed E-state index contributed by atoms with van der Waals surface area (Å²) in [6.45, 7) is 4.81. The lowest BCUT2D eigenvalue weighted by Crippen LogP contribution is -2.45. The first kappa shape index (κ1) is 11.5. The molecule has 0 atom stereocenters. The van der Waals surface area contributed by atoms with E-state index in [-0.39, 0.29) is 5.91 Å². The van der Waals surface area contributed by atoms with E-state index < -0.39 is 0 Å². The van der Waals surface area contributed by atoms with Crippen LogP contribution in [-0.2, 0) is 4.79 Å². The highest BCUT2D eigenvalue weighted by atomic mass is 16.2. The number of carbonyl (C=O) groups excluding carboxylic acids is 1. The van der Waals surface area contributed by atoms with Gasteiger partial charge in [0.15, 0.2) is 0 Å². The minimum atomic E-state index is 0.236. The van der Waals surface area contributed by atoms with Crippen LogP contribution in [0.3, 0.4) is 0 Å². The summed E-state index contributed by atoms with van der Waals surface area (Å²) in [5, 5.41) is 3.77. The normalized spacial score (nSPS) is 28.2. The number of piperidine rings is 1. The number of nitrogens with one attached hydrogen (secondary N) is 1. The number of nitrogens with zero attached hydrogens (tertiary/aromatic N) is 1. The Hall–Kier alpha value is -0.570. The van der Waals surface area contributed by atoms with Crippen LogP contribution in [0.1, 0.15) is 45.4 Å². The molecule has 0 spiro atoms. The van der Waals surface area contributed by atoms with Gasteiger partial charge in [0.2, 0.25) is 5.91 Å². The van der Waals surface area contributed by atoms with E-state index in [1.54, 1.807) is 6.92 Å². The van der Waals surface area contributed by atoms with Crippen molar-refractivity contribution in [2.24, 2.45) is 11.3 Å². The smallest absolute Gasteiger partial charge is 0.219 e. The second-order valence-electron chi connectivity index (χ2n) is 6.30. The first-order valence-electron chi connectivity index (χ1n) is 7.18. The molecule has 1 saturated heterocycles. The second kappa shape index (κ2) is 4.27. The molecule has 3 aliphatic rings. The highest BCUT2D eigenvalue weighted by molar-refractivity contribution is 5.73. The van der Waals surface area contributed by atoms with Gasteiger partial charge >= 0.3 is 0 Å². The molecule has 1 N–H and O–H groups in total. The Bertz CT molecular complexity index is 299. The van der Waals surface area contributed by atoms with E-state index in [0.29, 0.717) is 11.5 Å². The highest BCUT2D eigenvalue weighted by Crippen LogP contribution is 2.60. The Morgan fingerprint density at radius 1 is 1.24 bits per heavy atom. The summed E-state index contributed by atoms with van der Waals surface area (Å²) >= 11 is 0. The van der Waals surface area contributed by atoms with Gasteiger partial charge in [0.05, 0.1) is 0 Å². The van der Waals surface area contributed by atoms with Crippen LogP contribution < -0.4 is 5.32 Å². The van der Waals surface area contributed by atoms with Crippen LogP contribution in [0.15, 0.2) is 0 Å². The second-order valence-corrected chi connectivity index (χ2v) is 6.30. The molecule has 3 rings (SSSR count). The third-order valence-electron chi connectivity index (χ3n) is 5.02. The third kappa shape index (κ3) is 2.49. The number of carbonyl (C=O) groups is 1. The molecule has 0 bridgehead atoms. The Morgan fingerprint density at radius 2 is 1.88 bits per heavy atom. The minimum Gasteiger partial charge on any atom is -0.343 e. The molecule has 3 fully saturated rings. The van der Waals surface area contributed by atoms with Crippen molar-refractivity contribution in [2.75, 3.05) is 19.6 Å².